The van der Waals surface area contributed by atoms with Gasteiger partial charge in [0.05, 0.1) is 18.1 Å². The molecule has 254 valence electrons. The lowest BCUT2D eigenvalue weighted by Gasteiger charge is -2.28. The highest BCUT2D eigenvalue weighted by molar-refractivity contribution is 7.90. The number of carbonyl (C=O) groups excluding carboxylic acids is 1. The third-order valence-electron chi connectivity index (χ3n) is 8.23. The van der Waals surface area contributed by atoms with Gasteiger partial charge in [0.2, 0.25) is 5.88 Å². The van der Waals surface area contributed by atoms with Crippen molar-refractivity contribution in [2.45, 2.75) is 56.3 Å². The van der Waals surface area contributed by atoms with Crippen LogP contribution in [0.3, 0.4) is 0 Å². The molecule has 3 aromatic rings. The number of likely N-dealkylation sites (tertiary alicyclic amines) is 1. The van der Waals surface area contributed by atoms with Crippen molar-refractivity contribution >= 4 is 39.4 Å². The average Bonchev–Trinajstić information content (AvgIpc) is 3.51. The lowest BCUT2D eigenvalue weighted by atomic mass is 9.94. The van der Waals surface area contributed by atoms with Gasteiger partial charge in [-0.05, 0) is 75.6 Å². The predicted octanol–water partition coefficient (Wildman–Crippen LogP) is 4.98. The molecule has 0 spiro atoms. The highest BCUT2D eigenvalue weighted by atomic mass is 35.5. The number of sulfonamides is 1. The molecule has 5 rings (SSSR count). The number of aromatic nitrogens is 4. The van der Waals surface area contributed by atoms with Crippen LogP contribution in [0.15, 0.2) is 47.6 Å². The van der Waals surface area contributed by atoms with Gasteiger partial charge in [-0.15, -0.1) is 5.10 Å². The first kappa shape index (κ1) is 34.2. The Morgan fingerprint density at radius 3 is 2.57 bits per heavy atom. The zero-order chi connectivity index (χ0) is 34.1. The quantitative estimate of drug-likeness (QED) is 0.219. The van der Waals surface area contributed by atoms with Gasteiger partial charge < -0.3 is 20.1 Å². The Labute approximate surface area is 273 Å². The number of carbonyl (C=O) groups is 2. The Hall–Kier alpha value is -4.12. The molecule has 1 aliphatic heterocycles. The molecule has 3 unspecified atom stereocenters. The van der Waals surface area contributed by atoms with Gasteiger partial charge in [0, 0.05) is 30.9 Å². The summed E-state index contributed by atoms with van der Waals surface area (Å²) in [5, 5.41) is 15.9. The van der Waals surface area contributed by atoms with Crippen LogP contribution >= 0.6 is 11.6 Å². The second-order valence-corrected chi connectivity index (χ2v) is 14.2. The zero-order valence-corrected chi connectivity index (χ0v) is 26.9. The lowest BCUT2D eigenvalue weighted by molar-refractivity contribution is -0.151. The molecular weight excluding hydrogens is 667 g/mol. The minimum absolute atomic E-state index is 0.0657. The van der Waals surface area contributed by atoms with Crippen LogP contribution in [0.5, 0.6) is 5.88 Å². The van der Waals surface area contributed by atoms with Crippen molar-refractivity contribution in [3.05, 3.63) is 53.3 Å². The number of anilines is 1. The average molecular weight is 700 g/mol. The van der Waals surface area contributed by atoms with Gasteiger partial charge in [0.25, 0.3) is 15.9 Å². The molecule has 3 N–H and O–H groups in total. The van der Waals surface area contributed by atoms with Crippen LogP contribution in [0.4, 0.5) is 23.8 Å². The fourth-order valence-corrected chi connectivity index (χ4v) is 6.90. The maximum absolute atomic E-state index is 13.0. The van der Waals surface area contributed by atoms with E-state index in [1.165, 1.54) is 46.1 Å². The summed E-state index contributed by atoms with van der Waals surface area (Å²) in [6.07, 6.45) is -1.98. The van der Waals surface area contributed by atoms with E-state index < -0.39 is 50.6 Å². The van der Waals surface area contributed by atoms with Gasteiger partial charge in [-0.2, -0.15) is 21.6 Å². The highest BCUT2D eigenvalue weighted by Gasteiger charge is 2.55. The van der Waals surface area contributed by atoms with E-state index in [2.05, 4.69) is 20.4 Å². The van der Waals surface area contributed by atoms with E-state index in [9.17, 15) is 36.3 Å². The fraction of sp³-hybridized carbons (Fsp3) is 0.483. The number of nitrogens with zero attached hydrogens (tertiary/aromatic N) is 5. The lowest BCUT2D eigenvalue weighted by Crippen LogP contribution is -2.41. The molecule has 3 aromatic heterocycles. The molecule has 4 heterocycles. The third-order valence-corrected chi connectivity index (χ3v) is 9.76. The Balaban J connectivity index is 1.14. The van der Waals surface area contributed by atoms with Crippen molar-refractivity contribution in [3.8, 4) is 11.7 Å². The maximum atomic E-state index is 13.0. The van der Waals surface area contributed by atoms with Crippen LogP contribution in [-0.2, 0) is 10.0 Å². The molecule has 1 saturated heterocycles. The predicted molar refractivity (Wildman–Crippen MR) is 163 cm³/mol. The zero-order valence-electron chi connectivity index (χ0n) is 25.4. The molecule has 18 heteroatoms. The molecule has 0 aromatic carbocycles. The van der Waals surface area contributed by atoms with Crippen molar-refractivity contribution in [2.24, 2.45) is 17.8 Å². The molecular formula is C29H33ClF3N7O6S. The second kappa shape index (κ2) is 13.2. The number of pyridine rings is 2. The normalized spacial score (nSPS) is 20.6. The Morgan fingerprint density at radius 2 is 1.91 bits per heavy atom. The summed E-state index contributed by atoms with van der Waals surface area (Å²) >= 11 is 6.22. The Kier molecular flexibility index (Phi) is 9.59. The van der Waals surface area contributed by atoms with Gasteiger partial charge >= 0.3 is 12.3 Å². The van der Waals surface area contributed by atoms with E-state index in [-0.39, 0.29) is 53.6 Å². The monoisotopic (exact) mass is 699 g/mol. The van der Waals surface area contributed by atoms with E-state index >= 15 is 0 Å². The van der Waals surface area contributed by atoms with E-state index in [1.807, 2.05) is 18.6 Å². The van der Waals surface area contributed by atoms with Crippen molar-refractivity contribution in [3.63, 3.8) is 0 Å². The molecule has 2 aliphatic rings. The molecule has 0 bridgehead atoms. The minimum Gasteiger partial charge on any atom is -0.477 e. The molecule has 2 amide bonds. The van der Waals surface area contributed by atoms with E-state index in [0.29, 0.717) is 25.9 Å². The third kappa shape index (κ3) is 8.25. The smallest absolute Gasteiger partial charge is 0.407 e. The van der Waals surface area contributed by atoms with Crippen LogP contribution in [0, 0.1) is 17.8 Å². The molecule has 1 saturated carbocycles. The first-order valence-electron chi connectivity index (χ1n) is 14.7. The van der Waals surface area contributed by atoms with E-state index in [0.717, 1.165) is 0 Å². The van der Waals surface area contributed by atoms with Crippen molar-refractivity contribution in [2.75, 3.05) is 25.0 Å². The summed E-state index contributed by atoms with van der Waals surface area (Å²) in [7, 11) is -4.41. The summed E-state index contributed by atoms with van der Waals surface area (Å²) in [4.78, 5) is 34.0. The fourth-order valence-electron chi connectivity index (χ4n) is 5.73. The first-order valence-corrected chi connectivity index (χ1v) is 16.6. The standard InChI is InChI=1S/C29H33ClF3N7O6S/c1-28(2)15-17(16-39(28)27(42)43)8-11-34-21-4-3-5-24(35-21)47(44,45)38-26(41)19-6-7-22(36-25(19)30)40-12-9-23(37-40)46-13-10-18-14-20(18)29(31,32)33/h3-7,9,12,17-18,20H,8,10-11,13-16H2,1-2H3,(H,34,35)(H,38,41)(H,42,43). The largest absolute Gasteiger partial charge is 0.477 e. The van der Waals surface area contributed by atoms with Crippen LogP contribution in [0.1, 0.15) is 49.9 Å². The van der Waals surface area contributed by atoms with Crippen LogP contribution < -0.4 is 14.8 Å². The number of alkyl halides is 3. The SMILES string of the molecule is CC1(C)CC(CCNc2cccc(S(=O)(=O)NC(=O)c3ccc(-n4ccc(OCCC5CC5C(F)(F)F)n4)nc3Cl)n2)CN1C(=O)O. The minimum atomic E-state index is -4.41. The number of rotatable bonds is 12. The molecule has 13 nitrogen and oxygen atoms in total. The number of hydrogen-bond acceptors (Lipinski definition) is 9. The van der Waals surface area contributed by atoms with Gasteiger partial charge in [-0.1, -0.05) is 17.7 Å². The van der Waals surface area contributed by atoms with Gasteiger partial charge in [-0.25, -0.2) is 24.2 Å². The molecule has 47 heavy (non-hydrogen) atoms. The highest BCUT2D eigenvalue weighted by Crippen LogP contribution is 2.51. The van der Waals surface area contributed by atoms with Gasteiger partial charge in [-0.3, -0.25) is 4.79 Å². The number of nitrogens with one attached hydrogen (secondary N) is 2. The van der Waals surface area contributed by atoms with Crippen LogP contribution in [0.2, 0.25) is 5.15 Å². The van der Waals surface area contributed by atoms with E-state index in [1.54, 1.807) is 6.07 Å². The van der Waals surface area contributed by atoms with Gasteiger partial charge in [0.15, 0.2) is 10.8 Å². The number of ether oxygens (including phenoxy) is 1. The summed E-state index contributed by atoms with van der Waals surface area (Å²) in [6, 6.07) is 8.41. The van der Waals surface area contributed by atoms with Gasteiger partial charge in [0.1, 0.15) is 11.0 Å². The Morgan fingerprint density at radius 1 is 1.15 bits per heavy atom. The van der Waals surface area contributed by atoms with E-state index in [4.69, 9.17) is 16.3 Å². The van der Waals surface area contributed by atoms with Crippen LogP contribution in [-0.4, -0.2) is 81.6 Å². The van der Waals surface area contributed by atoms with Crippen molar-refractivity contribution < 1.29 is 41.0 Å². The first-order chi connectivity index (χ1) is 22.0. The Bertz CT molecular complexity index is 1750. The summed E-state index contributed by atoms with van der Waals surface area (Å²) in [5.41, 5.74) is -0.695. The van der Waals surface area contributed by atoms with Crippen molar-refractivity contribution in [1.29, 1.82) is 0 Å². The molecule has 1 aliphatic carbocycles. The number of halogens is 4. The molecule has 2 fully saturated rings. The van der Waals surface area contributed by atoms with Crippen molar-refractivity contribution in [1.82, 2.24) is 29.4 Å². The summed E-state index contributed by atoms with van der Waals surface area (Å²) < 4.78 is 72.7. The topological polar surface area (TPSA) is 169 Å². The second-order valence-electron chi connectivity index (χ2n) is 12.2. The molecule has 3 atom stereocenters. The van der Waals surface area contributed by atoms with Crippen LogP contribution in [0.25, 0.3) is 5.82 Å². The number of hydrogen-bond donors (Lipinski definition) is 3. The summed E-state index contributed by atoms with van der Waals surface area (Å²) in [6.45, 7) is 4.66. The number of carboxylic acid groups (broad SMARTS) is 1. The number of amides is 2. The molecule has 0 radical (unpaired) electrons. The maximum Gasteiger partial charge on any atom is 0.407 e. The summed E-state index contributed by atoms with van der Waals surface area (Å²) in [5.74, 6) is -2.03.